The molecular formula is C17H28N2O4S. The van der Waals surface area contributed by atoms with Gasteiger partial charge >= 0.3 is 0 Å². The van der Waals surface area contributed by atoms with Crippen molar-refractivity contribution in [3.8, 4) is 0 Å². The fourth-order valence-electron chi connectivity index (χ4n) is 4.01. The van der Waals surface area contributed by atoms with Gasteiger partial charge in [-0.15, -0.1) is 0 Å². The van der Waals surface area contributed by atoms with E-state index >= 15 is 0 Å². The molecule has 2 saturated carbocycles. The van der Waals surface area contributed by atoms with Gasteiger partial charge in [-0.2, -0.15) is 0 Å². The van der Waals surface area contributed by atoms with Gasteiger partial charge in [0.05, 0.1) is 23.3 Å². The van der Waals surface area contributed by atoms with Crippen molar-refractivity contribution in [2.24, 2.45) is 11.8 Å². The summed E-state index contributed by atoms with van der Waals surface area (Å²) in [7, 11) is -1.33. The zero-order chi connectivity index (χ0) is 17.3. The van der Waals surface area contributed by atoms with Gasteiger partial charge in [0.25, 0.3) is 0 Å². The summed E-state index contributed by atoms with van der Waals surface area (Å²) in [5, 5.41) is 3.12. The highest BCUT2D eigenvalue weighted by molar-refractivity contribution is 7.91. The van der Waals surface area contributed by atoms with Crippen LogP contribution in [0.1, 0.15) is 51.4 Å². The molecule has 6 nitrogen and oxygen atoms in total. The van der Waals surface area contributed by atoms with Gasteiger partial charge < -0.3 is 10.2 Å². The maximum absolute atomic E-state index is 12.5. The van der Waals surface area contributed by atoms with Crippen LogP contribution in [0.4, 0.5) is 0 Å². The van der Waals surface area contributed by atoms with E-state index in [1.807, 2.05) is 0 Å². The zero-order valence-electron chi connectivity index (χ0n) is 14.4. The Morgan fingerprint density at radius 1 is 1.00 bits per heavy atom. The van der Waals surface area contributed by atoms with Crippen LogP contribution in [0.5, 0.6) is 0 Å². The molecule has 2 aliphatic carbocycles. The van der Waals surface area contributed by atoms with Crippen molar-refractivity contribution in [3.63, 3.8) is 0 Å². The minimum absolute atomic E-state index is 0.00712. The number of hydrogen-bond acceptors (Lipinski definition) is 4. The van der Waals surface area contributed by atoms with Crippen LogP contribution in [0.3, 0.4) is 0 Å². The van der Waals surface area contributed by atoms with E-state index in [0.717, 1.165) is 25.7 Å². The Balaban J connectivity index is 1.49. The van der Waals surface area contributed by atoms with E-state index in [9.17, 15) is 18.0 Å². The summed E-state index contributed by atoms with van der Waals surface area (Å²) in [5.41, 5.74) is 0. The fraction of sp³-hybridized carbons (Fsp3) is 0.882. The minimum atomic E-state index is -3.00. The van der Waals surface area contributed by atoms with Crippen LogP contribution in [-0.2, 0) is 19.4 Å². The highest BCUT2D eigenvalue weighted by Gasteiger charge is 2.50. The first-order valence-corrected chi connectivity index (χ1v) is 11.0. The van der Waals surface area contributed by atoms with Crippen molar-refractivity contribution < 1.29 is 18.0 Å². The van der Waals surface area contributed by atoms with Crippen LogP contribution in [0.2, 0.25) is 0 Å². The van der Waals surface area contributed by atoms with Crippen LogP contribution in [0.15, 0.2) is 0 Å². The number of hydrogen-bond donors (Lipinski definition) is 1. The average molecular weight is 356 g/mol. The molecule has 3 unspecified atom stereocenters. The lowest BCUT2D eigenvalue weighted by atomic mass is 10.1. The number of rotatable bonds is 4. The molecule has 0 aromatic rings. The van der Waals surface area contributed by atoms with Crippen LogP contribution in [-0.4, -0.2) is 55.8 Å². The summed E-state index contributed by atoms with van der Waals surface area (Å²) in [6.45, 7) is 0. The first-order valence-electron chi connectivity index (χ1n) is 9.15. The monoisotopic (exact) mass is 356 g/mol. The van der Waals surface area contributed by atoms with E-state index in [1.165, 1.54) is 12.8 Å². The van der Waals surface area contributed by atoms with Crippen molar-refractivity contribution in [2.75, 3.05) is 18.6 Å². The lowest BCUT2D eigenvalue weighted by Crippen LogP contribution is -2.40. The summed E-state index contributed by atoms with van der Waals surface area (Å²) < 4.78 is 23.1. The summed E-state index contributed by atoms with van der Waals surface area (Å²) >= 11 is 0. The molecule has 0 spiro atoms. The van der Waals surface area contributed by atoms with Gasteiger partial charge in [0.1, 0.15) is 0 Å². The number of nitrogens with one attached hydrogen (secondary N) is 1. The van der Waals surface area contributed by atoms with Crippen LogP contribution < -0.4 is 5.32 Å². The second-order valence-corrected chi connectivity index (χ2v) is 9.88. The molecule has 0 aromatic carbocycles. The van der Waals surface area contributed by atoms with Crippen molar-refractivity contribution in [1.82, 2.24) is 10.2 Å². The zero-order valence-corrected chi connectivity index (χ0v) is 15.2. The Morgan fingerprint density at radius 3 is 2.25 bits per heavy atom. The van der Waals surface area contributed by atoms with Crippen molar-refractivity contribution in [2.45, 2.75) is 63.5 Å². The molecule has 3 aliphatic rings. The molecule has 1 N–H and O–H groups in total. The number of nitrogens with zero attached hydrogens (tertiary/aromatic N) is 1. The molecule has 3 rings (SSSR count). The van der Waals surface area contributed by atoms with Crippen molar-refractivity contribution >= 4 is 21.7 Å². The number of carbonyl (C=O) groups excluding carboxylic acids is 2. The molecule has 0 aromatic heterocycles. The quantitative estimate of drug-likeness (QED) is 0.765. The third kappa shape index (κ3) is 4.10. The largest absolute Gasteiger partial charge is 0.353 e. The van der Waals surface area contributed by atoms with Gasteiger partial charge in [0.15, 0.2) is 9.84 Å². The van der Waals surface area contributed by atoms with E-state index < -0.39 is 9.84 Å². The average Bonchev–Trinajstić information content (AvgIpc) is 3.29. The third-order valence-electron chi connectivity index (χ3n) is 5.75. The molecule has 1 saturated heterocycles. The smallest absolute Gasteiger partial charge is 0.226 e. The first-order chi connectivity index (χ1) is 11.4. The molecule has 136 valence electrons. The number of amides is 2. The maximum Gasteiger partial charge on any atom is 0.226 e. The Morgan fingerprint density at radius 2 is 1.67 bits per heavy atom. The lowest BCUT2D eigenvalue weighted by molar-refractivity contribution is -0.135. The highest BCUT2D eigenvalue weighted by Crippen LogP contribution is 2.41. The SMILES string of the molecule is CN(C(=O)C1CC1C(=O)NC1CCCCCC1)C1CCS(=O)(=O)C1. The van der Waals surface area contributed by atoms with Gasteiger partial charge in [-0.05, 0) is 25.7 Å². The number of carbonyl (C=O) groups is 2. The van der Waals surface area contributed by atoms with Crippen molar-refractivity contribution in [1.29, 1.82) is 0 Å². The molecule has 0 bridgehead atoms. The van der Waals surface area contributed by atoms with Gasteiger partial charge in [-0.25, -0.2) is 8.42 Å². The van der Waals surface area contributed by atoms with Gasteiger partial charge in [-0.3, -0.25) is 9.59 Å². The Hall–Kier alpha value is -1.11. The molecule has 2 amide bonds. The summed E-state index contributed by atoms with van der Waals surface area (Å²) in [5.74, 6) is -0.331. The topological polar surface area (TPSA) is 83.6 Å². The van der Waals surface area contributed by atoms with Crippen molar-refractivity contribution in [3.05, 3.63) is 0 Å². The van der Waals surface area contributed by atoms with E-state index in [1.54, 1.807) is 11.9 Å². The molecule has 3 fully saturated rings. The highest BCUT2D eigenvalue weighted by atomic mass is 32.2. The minimum Gasteiger partial charge on any atom is -0.353 e. The first kappa shape index (κ1) is 17.7. The summed E-state index contributed by atoms with van der Waals surface area (Å²) in [6, 6.07) is 0.0303. The van der Waals surface area contributed by atoms with Gasteiger partial charge in [-0.1, -0.05) is 25.7 Å². The molecule has 7 heteroatoms. The van der Waals surface area contributed by atoms with Gasteiger partial charge in [0.2, 0.25) is 11.8 Å². The Bertz CT molecular complexity index is 596. The van der Waals surface area contributed by atoms with Crippen LogP contribution in [0, 0.1) is 11.8 Å². The van der Waals surface area contributed by atoms with E-state index in [-0.39, 0.29) is 47.2 Å². The number of sulfone groups is 1. The second-order valence-electron chi connectivity index (χ2n) is 7.65. The fourth-order valence-corrected chi connectivity index (χ4v) is 5.79. The van der Waals surface area contributed by atoms with Crippen LogP contribution in [0.25, 0.3) is 0 Å². The van der Waals surface area contributed by atoms with E-state index in [2.05, 4.69) is 5.32 Å². The predicted molar refractivity (Wildman–Crippen MR) is 91.1 cm³/mol. The maximum atomic E-state index is 12.5. The Labute approximate surface area is 144 Å². The second kappa shape index (κ2) is 7.02. The molecular weight excluding hydrogens is 328 g/mol. The summed E-state index contributed by atoms with van der Waals surface area (Å²) in [4.78, 5) is 26.5. The van der Waals surface area contributed by atoms with Gasteiger partial charge in [0, 0.05) is 19.1 Å². The lowest BCUT2D eigenvalue weighted by Gasteiger charge is -2.23. The standard InChI is InChI=1S/C17H28N2O4S/c1-19(13-8-9-24(22,23)11-13)17(21)15-10-14(15)16(20)18-12-6-4-2-3-5-7-12/h12-15H,2-11H2,1H3,(H,18,20). The molecule has 1 aliphatic heterocycles. The molecule has 24 heavy (non-hydrogen) atoms. The molecule has 3 atom stereocenters. The Kier molecular flexibility index (Phi) is 5.18. The van der Waals surface area contributed by atoms with Crippen LogP contribution >= 0.6 is 0 Å². The van der Waals surface area contributed by atoms with E-state index in [0.29, 0.717) is 12.8 Å². The summed E-state index contributed by atoms with van der Waals surface area (Å²) in [6.07, 6.45) is 8.00. The normalized spacial score (nSPS) is 32.8. The molecule has 0 radical (unpaired) electrons. The third-order valence-corrected chi connectivity index (χ3v) is 7.50. The predicted octanol–water partition coefficient (Wildman–Crippen LogP) is 1.11. The van der Waals surface area contributed by atoms with E-state index in [4.69, 9.17) is 0 Å². The molecule has 1 heterocycles.